The van der Waals surface area contributed by atoms with Crippen molar-refractivity contribution in [2.45, 2.75) is 44.0 Å². The maximum absolute atomic E-state index is 12.9. The molecule has 2 aliphatic rings. The molecule has 1 aromatic rings. The number of hydrogen-bond donors (Lipinski definition) is 1. The van der Waals surface area contributed by atoms with Crippen molar-refractivity contribution >= 4 is 11.6 Å². The molecule has 0 amide bonds. The molecular formula is C14H18F3N3O. The topological polar surface area (TPSA) is 51.4 Å². The van der Waals surface area contributed by atoms with Crippen molar-refractivity contribution < 1.29 is 17.9 Å². The molecule has 1 saturated carbocycles. The number of hydrogen-bond acceptors (Lipinski definition) is 4. The van der Waals surface area contributed by atoms with E-state index in [2.05, 4.69) is 4.98 Å². The molecule has 0 spiro atoms. The summed E-state index contributed by atoms with van der Waals surface area (Å²) in [6.07, 6.45) is -0.282. The van der Waals surface area contributed by atoms with Crippen LogP contribution >= 0.6 is 0 Å². The van der Waals surface area contributed by atoms with E-state index in [1.807, 2.05) is 4.90 Å². The van der Waals surface area contributed by atoms with E-state index in [-0.39, 0.29) is 18.0 Å². The van der Waals surface area contributed by atoms with Gasteiger partial charge < -0.3 is 15.4 Å². The van der Waals surface area contributed by atoms with Gasteiger partial charge in [0.25, 0.3) is 0 Å². The Morgan fingerprint density at radius 2 is 2.00 bits per heavy atom. The molecule has 1 saturated heterocycles. The van der Waals surface area contributed by atoms with E-state index in [9.17, 15) is 13.2 Å². The van der Waals surface area contributed by atoms with Gasteiger partial charge in [0.15, 0.2) is 0 Å². The van der Waals surface area contributed by atoms with Crippen LogP contribution in [0.1, 0.15) is 31.2 Å². The number of pyridine rings is 1. The van der Waals surface area contributed by atoms with Crippen LogP contribution in [0.3, 0.4) is 0 Å². The summed E-state index contributed by atoms with van der Waals surface area (Å²) < 4.78 is 44.5. The number of rotatable bonds is 1. The molecule has 0 bridgehead atoms. The van der Waals surface area contributed by atoms with Crippen molar-refractivity contribution in [2.75, 3.05) is 23.8 Å². The third kappa shape index (κ3) is 2.92. The molecule has 2 N–H and O–H groups in total. The maximum atomic E-state index is 12.9. The molecule has 4 nitrogen and oxygen atoms in total. The molecule has 1 aliphatic carbocycles. The average Bonchev–Trinajstić information content (AvgIpc) is 2.45. The molecular weight excluding hydrogens is 283 g/mol. The van der Waals surface area contributed by atoms with Gasteiger partial charge in [0.05, 0.1) is 24.3 Å². The number of ether oxygens (including phenoxy) is 1. The van der Waals surface area contributed by atoms with Crippen molar-refractivity contribution in [1.82, 2.24) is 4.98 Å². The molecule has 21 heavy (non-hydrogen) atoms. The minimum atomic E-state index is -4.41. The molecule has 2 unspecified atom stereocenters. The van der Waals surface area contributed by atoms with E-state index in [1.54, 1.807) is 0 Å². The Balaban J connectivity index is 1.93. The van der Waals surface area contributed by atoms with Gasteiger partial charge in [0.2, 0.25) is 0 Å². The van der Waals surface area contributed by atoms with Gasteiger partial charge >= 0.3 is 6.18 Å². The molecule has 3 rings (SSSR count). The molecule has 1 aromatic heterocycles. The number of aromatic nitrogens is 1. The van der Waals surface area contributed by atoms with E-state index >= 15 is 0 Å². The van der Waals surface area contributed by atoms with Gasteiger partial charge in [-0.05, 0) is 25.0 Å². The van der Waals surface area contributed by atoms with Crippen molar-refractivity contribution in [3.63, 3.8) is 0 Å². The fraction of sp³-hybridized carbons (Fsp3) is 0.643. The summed E-state index contributed by atoms with van der Waals surface area (Å²) in [5.74, 6) is 0.209. The average molecular weight is 301 g/mol. The number of halogens is 3. The number of nitrogens with zero attached hydrogens (tertiary/aromatic N) is 2. The number of nitrogens with two attached hydrogens (primary N) is 1. The van der Waals surface area contributed by atoms with E-state index in [0.717, 1.165) is 37.8 Å². The van der Waals surface area contributed by atoms with Crippen LogP contribution in [0.15, 0.2) is 12.1 Å². The summed E-state index contributed by atoms with van der Waals surface area (Å²) >= 11 is 0. The maximum Gasteiger partial charge on any atom is 0.416 e. The van der Waals surface area contributed by atoms with Gasteiger partial charge in [0.1, 0.15) is 11.6 Å². The first-order chi connectivity index (χ1) is 9.95. The lowest BCUT2D eigenvalue weighted by Gasteiger charge is -2.44. The normalized spacial score (nSPS) is 26.5. The molecule has 0 radical (unpaired) electrons. The van der Waals surface area contributed by atoms with Crippen LogP contribution in [0.5, 0.6) is 0 Å². The highest BCUT2D eigenvalue weighted by atomic mass is 19.4. The second-order valence-electron chi connectivity index (χ2n) is 5.59. The van der Waals surface area contributed by atoms with Gasteiger partial charge in [-0.25, -0.2) is 4.98 Å². The van der Waals surface area contributed by atoms with Gasteiger partial charge in [0, 0.05) is 6.54 Å². The van der Waals surface area contributed by atoms with Crippen molar-refractivity contribution in [2.24, 2.45) is 0 Å². The van der Waals surface area contributed by atoms with E-state index in [4.69, 9.17) is 10.5 Å². The van der Waals surface area contributed by atoms with Gasteiger partial charge in [-0.1, -0.05) is 12.8 Å². The number of anilines is 2. The van der Waals surface area contributed by atoms with Crippen LogP contribution in [0.2, 0.25) is 0 Å². The predicted molar refractivity (Wildman–Crippen MR) is 73.0 cm³/mol. The Labute approximate surface area is 121 Å². The lowest BCUT2D eigenvalue weighted by Crippen LogP contribution is -2.53. The SMILES string of the molecule is Nc1cc(C(F)(F)F)cc(N2CCOC3CCCCC32)n1. The highest BCUT2D eigenvalue weighted by molar-refractivity contribution is 5.50. The lowest BCUT2D eigenvalue weighted by atomic mass is 9.90. The van der Waals surface area contributed by atoms with Gasteiger partial charge in [-0.15, -0.1) is 0 Å². The number of nitrogen functional groups attached to an aromatic ring is 1. The molecule has 7 heteroatoms. The Morgan fingerprint density at radius 3 is 2.76 bits per heavy atom. The highest BCUT2D eigenvalue weighted by Gasteiger charge is 2.37. The summed E-state index contributed by atoms with van der Waals surface area (Å²) in [6.45, 7) is 1.06. The minimum Gasteiger partial charge on any atom is -0.384 e. The second-order valence-corrected chi connectivity index (χ2v) is 5.59. The monoisotopic (exact) mass is 301 g/mol. The van der Waals surface area contributed by atoms with Crippen LogP contribution in [0.4, 0.5) is 24.8 Å². The van der Waals surface area contributed by atoms with Gasteiger partial charge in [-0.2, -0.15) is 13.2 Å². The summed E-state index contributed by atoms with van der Waals surface area (Å²) in [7, 11) is 0. The standard InChI is InChI=1S/C14H18F3N3O/c15-14(16,17)9-7-12(18)19-13(8-9)20-5-6-21-11-4-2-1-3-10(11)20/h7-8,10-11H,1-6H2,(H2,18,19). The Morgan fingerprint density at radius 1 is 1.24 bits per heavy atom. The van der Waals surface area contributed by atoms with E-state index < -0.39 is 11.7 Å². The van der Waals surface area contributed by atoms with Crippen molar-refractivity contribution in [3.8, 4) is 0 Å². The zero-order chi connectivity index (χ0) is 15.0. The quantitative estimate of drug-likeness (QED) is 0.866. The molecule has 1 aliphatic heterocycles. The Hall–Kier alpha value is -1.50. The summed E-state index contributed by atoms with van der Waals surface area (Å²) in [6, 6.07) is 2.07. The largest absolute Gasteiger partial charge is 0.416 e. The zero-order valence-electron chi connectivity index (χ0n) is 11.6. The first-order valence-corrected chi connectivity index (χ1v) is 7.18. The lowest BCUT2D eigenvalue weighted by molar-refractivity contribution is -0.137. The second kappa shape index (κ2) is 5.36. The van der Waals surface area contributed by atoms with Crippen molar-refractivity contribution in [3.05, 3.63) is 17.7 Å². The van der Waals surface area contributed by atoms with Crippen molar-refractivity contribution in [1.29, 1.82) is 0 Å². The number of morpholine rings is 1. The number of fused-ring (bicyclic) bond motifs is 1. The Bertz CT molecular complexity index is 519. The molecule has 116 valence electrons. The fourth-order valence-electron chi connectivity index (χ4n) is 3.23. The minimum absolute atomic E-state index is 0.0880. The van der Waals surface area contributed by atoms with Gasteiger partial charge in [-0.3, -0.25) is 0 Å². The predicted octanol–water partition coefficient (Wildman–Crippen LogP) is 2.83. The number of alkyl halides is 3. The van der Waals surface area contributed by atoms with E-state index in [1.165, 1.54) is 0 Å². The summed E-state index contributed by atoms with van der Waals surface area (Å²) in [5.41, 5.74) is 4.82. The van der Waals surface area contributed by atoms with Crippen LogP contribution < -0.4 is 10.6 Å². The fourth-order valence-corrected chi connectivity index (χ4v) is 3.23. The first-order valence-electron chi connectivity index (χ1n) is 7.18. The van der Waals surface area contributed by atoms with Crippen LogP contribution in [0.25, 0.3) is 0 Å². The molecule has 2 heterocycles. The third-order valence-electron chi connectivity index (χ3n) is 4.19. The highest BCUT2D eigenvalue weighted by Crippen LogP contribution is 2.35. The summed E-state index contributed by atoms with van der Waals surface area (Å²) in [4.78, 5) is 6.04. The first kappa shape index (κ1) is 14.4. The van der Waals surface area contributed by atoms with Crippen LogP contribution in [-0.2, 0) is 10.9 Å². The molecule has 2 atom stereocenters. The van der Waals surface area contributed by atoms with Crippen LogP contribution in [-0.4, -0.2) is 30.3 Å². The zero-order valence-corrected chi connectivity index (χ0v) is 11.6. The smallest absolute Gasteiger partial charge is 0.384 e. The molecule has 0 aromatic carbocycles. The van der Waals surface area contributed by atoms with Crippen LogP contribution in [0, 0.1) is 0 Å². The summed E-state index contributed by atoms with van der Waals surface area (Å²) in [5, 5.41) is 0. The Kier molecular flexibility index (Phi) is 3.69. The van der Waals surface area contributed by atoms with E-state index in [0.29, 0.717) is 19.0 Å². The molecule has 2 fully saturated rings. The third-order valence-corrected chi connectivity index (χ3v) is 4.19.